The van der Waals surface area contributed by atoms with Crippen molar-refractivity contribution in [2.24, 2.45) is 22.7 Å². The van der Waals surface area contributed by atoms with E-state index in [2.05, 4.69) is 27.4 Å². The van der Waals surface area contributed by atoms with Gasteiger partial charge in [-0.25, -0.2) is 4.79 Å². The first-order valence-corrected chi connectivity index (χ1v) is 8.98. The fraction of sp³-hybridized carbons (Fsp3) is 0.750. The van der Waals surface area contributed by atoms with Crippen molar-refractivity contribution >= 4 is 5.97 Å². The molecule has 3 rings (SSSR count). The number of carbonyl (C=O) groups is 1. The first kappa shape index (κ1) is 16.8. The van der Waals surface area contributed by atoms with E-state index >= 15 is 0 Å². The molecule has 1 heterocycles. The summed E-state index contributed by atoms with van der Waals surface area (Å²) >= 11 is 0. The van der Waals surface area contributed by atoms with Crippen molar-refractivity contribution < 1.29 is 14.6 Å². The average Bonchev–Trinajstić information content (AvgIpc) is 2.77. The summed E-state index contributed by atoms with van der Waals surface area (Å²) in [5.74, 6) is 0.747. The van der Waals surface area contributed by atoms with Crippen LogP contribution in [0.1, 0.15) is 59.3 Å². The minimum absolute atomic E-state index is 0.100. The molecule has 3 aliphatic rings. The highest BCUT2D eigenvalue weighted by Gasteiger charge is 2.52. The fourth-order valence-electron chi connectivity index (χ4n) is 5.64. The standard InChI is InChI=1S/C20H30O3/c1-13-6-9-17-19(2,3)10-5-11-20(17,4)15(13)8-7-14-16(21)12-23-18(14)22/h7,15-17,21H,1,5-6,8-12H2,2-4H3/b14-7-. The minimum Gasteiger partial charge on any atom is -0.459 e. The summed E-state index contributed by atoms with van der Waals surface area (Å²) < 4.78 is 4.93. The molecule has 4 atom stereocenters. The Morgan fingerprint density at radius 1 is 1.35 bits per heavy atom. The van der Waals surface area contributed by atoms with Crippen LogP contribution in [0.25, 0.3) is 0 Å². The van der Waals surface area contributed by atoms with Crippen LogP contribution in [0.3, 0.4) is 0 Å². The van der Waals surface area contributed by atoms with Gasteiger partial charge in [-0.1, -0.05) is 45.4 Å². The summed E-state index contributed by atoms with van der Waals surface area (Å²) in [5, 5.41) is 9.90. The van der Waals surface area contributed by atoms with E-state index in [0.717, 1.165) is 12.8 Å². The Hall–Kier alpha value is -1.09. The predicted molar refractivity (Wildman–Crippen MR) is 90.8 cm³/mol. The maximum atomic E-state index is 11.7. The molecular weight excluding hydrogens is 288 g/mol. The van der Waals surface area contributed by atoms with E-state index in [-0.39, 0.29) is 18.0 Å². The van der Waals surface area contributed by atoms with Crippen molar-refractivity contribution in [2.75, 3.05) is 6.61 Å². The molecule has 0 aromatic heterocycles. The molecule has 0 aromatic rings. The van der Waals surface area contributed by atoms with E-state index < -0.39 is 6.10 Å². The number of hydrogen-bond donors (Lipinski definition) is 1. The lowest BCUT2D eigenvalue weighted by molar-refractivity contribution is -0.135. The number of hydrogen-bond acceptors (Lipinski definition) is 3. The molecule has 1 aliphatic heterocycles. The van der Waals surface area contributed by atoms with Gasteiger partial charge in [0.2, 0.25) is 0 Å². The van der Waals surface area contributed by atoms with Crippen LogP contribution in [0, 0.1) is 22.7 Å². The Labute approximate surface area is 139 Å². The largest absolute Gasteiger partial charge is 0.459 e. The number of fused-ring (bicyclic) bond motifs is 1. The second-order valence-corrected chi connectivity index (χ2v) is 8.66. The molecule has 23 heavy (non-hydrogen) atoms. The van der Waals surface area contributed by atoms with Crippen molar-refractivity contribution in [1.29, 1.82) is 0 Å². The number of allylic oxidation sites excluding steroid dienone is 2. The van der Waals surface area contributed by atoms with E-state index in [4.69, 9.17) is 4.74 Å². The molecule has 0 bridgehead atoms. The molecule has 3 nitrogen and oxygen atoms in total. The zero-order valence-corrected chi connectivity index (χ0v) is 14.7. The van der Waals surface area contributed by atoms with Gasteiger partial charge in [0, 0.05) is 0 Å². The first-order valence-electron chi connectivity index (χ1n) is 8.98. The van der Waals surface area contributed by atoms with Crippen molar-refractivity contribution in [1.82, 2.24) is 0 Å². The van der Waals surface area contributed by atoms with E-state index in [9.17, 15) is 9.90 Å². The number of esters is 1. The summed E-state index contributed by atoms with van der Waals surface area (Å²) in [5.41, 5.74) is 2.39. The van der Waals surface area contributed by atoms with Gasteiger partial charge >= 0.3 is 5.97 Å². The van der Waals surface area contributed by atoms with Crippen molar-refractivity contribution in [3.8, 4) is 0 Å². The van der Waals surface area contributed by atoms with Gasteiger partial charge in [-0.3, -0.25) is 0 Å². The van der Waals surface area contributed by atoms with Crippen LogP contribution in [0.5, 0.6) is 0 Å². The molecular formula is C20H30O3. The molecule has 0 amide bonds. The van der Waals surface area contributed by atoms with Crippen LogP contribution in [0.2, 0.25) is 0 Å². The highest BCUT2D eigenvalue weighted by molar-refractivity contribution is 5.91. The first-order chi connectivity index (χ1) is 10.8. The maximum absolute atomic E-state index is 11.7. The molecule has 0 radical (unpaired) electrons. The normalized spacial score (nSPS) is 41.7. The third-order valence-electron chi connectivity index (χ3n) is 6.86. The summed E-state index contributed by atoms with van der Waals surface area (Å²) in [6, 6.07) is 0. The van der Waals surface area contributed by atoms with Gasteiger partial charge in [0.1, 0.15) is 12.7 Å². The average molecular weight is 318 g/mol. The number of aliphatic hydroxyl groups excluding tert-OH is 1. The molecule has 2 aliphatic carbocycles. The number of cyclic esters (lactones) is 1. The topological polar surface area (TPSA) is 46.5 Å². The van der Waals surface area contributed by atoms with Crippen LogP contribution >= 0.6 is 0 Å². The van der Waals surface area contributed by atoms with Crippen LogP contribution in [-0.4, -0.2) is 23.8 Å². The smallest absolute Gasteiger partial charge is 0.336 e. The number of rotatable bonds is 2. The number of aliphatic hydroxyl groups is 1. The summed E-state index contributed by atoms with van der Waals surface area (Å²) in [7, 11) is 0. The molecule has 3 heteroatoms. The van der Waals surface area contributed by atoms with Gasteiger partial charge in [-0.05, 0) is 54.8 Å². The van der Waals surface area contributed by atoms with Crippen LogP contribution < -0.4 is 0 Å². The zero-order valence-electron chi connectivity index (χ0n) is 14.7. The van der Waals surface area contributed by atoms with Gasteiger partial charge in [0.15, 0.2) is 0 Å². The van der Waals surface area contributed by atoms with Gasteiger partial charge in [-0.2, -0.15) is 0 Å². The maximum Gasteiger partial charge on any atom is 0.336 e. The molecule has 0 aromatic carbocycles. The molecule has 128 valence electrons. The van der Waals surface area contributed by atoms with Crippen molar-refractivity contribution in [2.45, 2.75) is 65.4 Å². The van der Waals surface area contributed by atoms with Gasteiger partial charge in [0.05, 0.1) is 5.57 Å². The Morgan fingerprint density at radius 2 is 2.09 bits per heavy atom. The highest BCUT2D eigenvalue weighted by atomic mass is 16.6. The lowest BCUT2D eigenvalue weighted by Crippen LogP contribution is -2.49. The molecule has 1 N–H and O–H groups in total. The van der Waals surface area contributed by atoms with Crippen LogP contribution in [0.4, 0.5) is 0 Å². The predicted octanol–water partition coefficient (Wildman–Crippen LogP) is 4.02. The summed E-state index contributed by atoms with van der Waals surface area (Å²) in [6.07, 6.45) is 8.09. The summed E-state index contributed by atoms with van der Waals surface area (Å²) in [6.45, 7) is 11.7. The van der Waals surface area contributed by atoms with Gasteiger partial charge in [0.25, 0.3) is 0 Å². The Morgan fingerprint density at radius 3 is 2.74 bits per heavy atom. The fourth-order valence-corrected chi connectivity index (χ4v) is 5.64. The van der Waals surface area contributed by atoms with Crippen molar-refractivity contribution in [3.05, 3.63) is 23.8 Å². The van der Waals surface area contributed by atoms with E-state index in [0.29, 0.717) is 22.8 Å². The van der Waals surface area contributed by atoms with Crippen molar-refractivity contribution in [3.63, 3.8) is 0 Å². The molecule has 4 unspecified atom stereocenters. The number of ether oxygens (including phenoxy) is 1. The molecule has 0 spiro atoms. The van der Waals surface area contributed by atoms with E-state index in [1.807, 2.05) is 6.08 Å². The quantitative estimate of drug-likeness (QED) is 0.475. The molecule has 1 saturated heterocycles. The molecule has 2 saturated carbocycles. The lowest BCUT2D eigenvalue weighted by Gasteiger charge is -2.58. The van der Waals surface area contributed by atoms with Crippen LogP contribution in [0.15, 0.2) is 23.8 Å². The summed E-state index contributed by atoms with van der Waals surface area (Å²) in [4.78, 5) is 11.7. The van der Waals surface area contributed by atoms with Gasteiger partial charge in [-0.15, -0.1) is 0 Å². The van der Waals surface area contributed by atoms with Crippen LogP contribution in [-0.2, 0) is 9.53 Å². The molecule has 3 fully saturated rings. The Balaban J connectivity index is 1.86. The third-order valence-corrected chi connectivity index (χ3v) is 6.86. The lowest BCUT2D eigenvalue weighted by atomic mass is 9.47. The highest BCUT2D eigenvalue weighted by Crippen LogP contribution is 2.61. The number of carbonyl (C=O) groups excluding carboxylic acids is 1. The second-order valence-electron chi connectivity index (χ2n) is 8.66. The SMILES string of the molecule is C=C1CCC2C(C)(C)CCCC2(C)C1C/C=C1\C(=O)OCC1O. The second kappa shape index (κ2) is 5.77. The van der Waals surface area contributed by atoms with E-state index in [1.54, 1.807) is 0 Å². The third kappa shape index (κ3) is 2.77. The Kier molecular flexibility index (Phi) is 4.20. The Bertz CT molecular complexity index is 545. The zero-order chi connectivity index (χ0) is 16.8. The van der Waals surface area contributed by atoms with E-state index in [1.165, 1.54) is 31.3 Å². The van der Waals surface area contributed by atoms with Gasteiger partial charge < -0.3 is 9.84 Å². The monoisotopic (exact) mass is 318 g/mol. The minimum atomic E-state index is -0.759.